The summed E-state index contributed by atoms with van der Waals surface area (Å²) in [5, 5.41) is 3.16. The Morgan fingerprint density at radius 3 is 2.63 bits per heavy atom. The van der Waals surface area contributed by atoms with Gasteiger partial charge in [0, 0.05) is 25.8 Å². The fourth-order valence-electron chi connectivity index (χ4n) is 1.81. The Hall–Kier alpha value is -1.65. The van der Waals surface area contributed by atoms with Gasteiger partial charge < -0.3 is 10.2 Å². The van der Waals surface area contributed by atoms with Crippen LogP contribution in [-0.4, -0.2) is 40.4 Å². The number of hydrogen-bond acceptors (Lipinski definition) is 4. The normalized spacial score (nSPS) is 10.3. The average Bonchev–Trinajstić information content (AvgIpc) is 2.45. The molecule has 106 valence electrons. The van der Waals surface area contributed by atoms with E-state index in [4.69, 9.17) is 0 Å². The third-order valence-electron chi connectivity index (χ3n) is 2.99. The lowest BCUT2D eigenvalue weighted by atomic mass is 10.2. The van der Waals surface area contributed by atoms with Crippen molar-refractivity contribution in [1.82, 2.24) is 14.9 Å². The molecule has 1 aromatic heterocycles. The summed E-state index contributed by atoms with van der Waals surface area (Å²) < 4.78 is 0. The van der Waals surface area contributed by atoms with E-state index >= 15 is 0 Å². The molecule has 0 aliphatic rings. The smallest absolute Gasteiger partial charge is 0.272 e. The number of carbonyl (C=O) groups is 1. The quantitative estimate of drug-likeness (QED) is 0.733. The molecule has 5 nitrogen and oxygen atoms in total. The average molecular weight is 264 g/mol. The van der Waals surface area contributed by atoms with Crippen LogP contribution in [0.3, 0.4) is 0 Å². The fourth-order valence-corrected chi connectivity index (χ4v) is 1.81. The van der Waals surface area contributed by atoms with Crippen LogP contribution in [-0.2, 0) is 0 Å². The molecule has 1 heterocycles. The van der Waals surface area contributed by atoms with Crippen molar-refractivity contribution >= 4 is 11.9 Å². The monoisotopic (exact) mass is 264 g/mol. The summed E-state index contributed by atoms with van der Waals surface area (Å²) in [7, 11) is 0. The zero-order chi connectivity index (χ0) is 14.1. The van der Waals surface area contributed by atoms with Crippen molar-refractivity contribution in [1.29, 1.82) is 0 Å². The van der Waals surface area contributed by atoms with Crippen molar-refractivity contribution in [3.8, 4) is 0 Å². The van der Waals surface area contributed by atoms with Crippen molar-refractivity contribution in [2.24, 2.45) is 0 Å². The first-order valence-corrected chi connectivity index (χ1v) is 7.09. The second-order valence-corrected chi connectivity index (χ2v) is 4.38. The van der Waals surface area contributed by atoms with Crippen molar-refractivity contribution in [3.05, 3.63) is 18.0 Å². The number of aromatic nitrogens is 2. The van der Waals surface area contributed by atoms with Gasteiger partial charge in [-0.3, -0.25) is 4.79 Å². The molecule has 19 heavy (non-hydrogen) atoms. The maximum Gasteiger partial charge on any atom is 0.272 e. The molecule has 1 rings (SSSR count). The number of amides is 1. The van der Waals surface area contributed by atoms with Gasteiger partial charge in [-0.2, -0.15) is 0 Å². The minimum atomic E-state index is -0.0380. The van der Waals surface area contributed by atoms with Crippen molar-refractivity contribution < 1.29 is 4.79 Å². The van der Waals surface area contributed by atoms with Crippen LogP contribution in [0.5, 0.6) is 0 Å². The van der Waals surface area contributed by atoms with Gasteiger partial charge in [-0.25, -0.2) is 9.97 Å². The summed E-state index contributed by atoms with van der Waals surface area (Å²) >= 11 is 0. The molecule has 0 aliphatic heterocycles. The van der Waals surface area contributed by atoms with E-state index in [9.17, 15) is 4.79 Å². The number of unbranched alkanes of at least 4 members (excludes halogenated alkanes) is 2. The molecule has 0 unspecified atom stereocenters. The highest BCUT2D eigenvalue weighted by Gasteiger charge is 2.14. The minimum Gasteiger partial charge on any atom is -0.354 e. The molecule has 0 saturated carbocycles. The Labute approximate surface area is 115 Å². The zero-order valence-electron chi connectivity index (χ0n) is 12.1. The standard InChI is InChI=1S/C14H24N4O/c1-4-7-8-10-15-14-16-11-9-12(17-14)13(19)18(5-2)6-3/h9,11H,4-8,10H2,1-3H3,(H,15,16,17). The highest BCUT2D eigenvalue weighted by atomic mass is 16.2. The van der Waals surface area contributed by atoms with E-state index in [-0.39, 0.29) is 5.91 Å². The summed E-state index contributed by atoms with van der Waals surface area (Å²) in [5.74, 6) is 0.498. The van der Waals surface area contributed by atoms with E-state index in [0.29, 0.717) is 24.7 Å². The molecule has 0 radical (unpaired) electrons. The van der Waals surface area contributed by atoms with Gasteiger partial charge in [0.25, 0.3) is 5.91 Å². The summed E-state index contributed by atoms with van der Waals surface area (Å²) in [5.41, 5.74) is 0.455. The van der Waals surface area contributed by atoms with Crippen molar-refractivity contribution in [2.45, 2.75) is 40.0 Å². The lowest BCUT2D eigenvalue weighted by Crippen LogP contribution is -2.31. The molecule has 0 atom stereocenters. The molecule has 0 saturated heterocycles. The number of anilines is 1. The summed E-state index contributed by atoms with van der Waals surface area (Å²) in [6.07, 6.45) is 5.09. The number of rotatable bonds is 8. The molecular formula is C14H24N4O. The fraction of sp³-hybridized carbons (Fsp3) is 0.643. The summed E-state index contributed by atoms with van der Waals surface area (Å²) in [6.45, 7) is 8.33. The Morgan fingerprint density at radius 2 is 2.00 bits per heavy atom. The van der Waals surface area contributed by atoms with E-state index in [0.717, 1.165) is 13.0 Å². The third-order valence-corrected chi connectivity index (χ3v) is 2.99. The van der Waals surface area contributed by atoms with Crippen LogP contribution in [0.1, 0.15) is 50.5 Å². The molecule has 1 aromatic rings. The van der Waals surface area contributed by atoms with Crippen LogP contribution in [0.2, 0.25) is 0 Å². The van der Waals surface area contributed by atoms with Gasteiger partial charge in [0.05, 0.1) is 0 Å². The molecule has 0 spiro atoms. The Kier molecular flexibility index (Phi) is 6.85. The van der Waals surface area contributed by atoms with Crippen LogP contribution < -0.4 is 5.32 Å². The van der Waals surface area contributed by atoms with Gasteiger partial charge in [0.15, 0.2) is 0 Å². The summed E-state index contributed by atoms with van der Waals surface area (Å²) in [6, 6.07) is 1.66. The maximum atomic E-state index is 12.1. The first kappa shape index (κ1) is 15.4. The van der Waals surface area contributed by atoms with Gasteiger partial charge in [-0.15, -0.1) is 0 Å². The molecule has 1 N–H and O–H groups in total. The van der Waals surface area contributed by atoms with Crippen LogP contribution >= 0.6 is 0 Å². The molecule has 0 bridgehead atoms. The maximum absolute atomic E-state index is 12.1. The molecule has 0 aliphatic carbocycles. The highest BCUT2D eigenvalue weighted by molar-refractivity contribution is 5.92. The van der Waals surface area contributed by atoms with Crippen molar-refractivity contribution in [3.63, 3.8) is 0 Å². The Morgan fingerprint density at radius 1 is 1.26 bits per heavy atom. The van der Waals surface area contributed by atoms with E-state index in [1.807, 2.05) is 13.8 Å². The van der Waals surface area contributed by atoms with Crippen LogP contribution in [0.25, 0.3) is 0 Å². The Balaban J connectivity index is 2.63. The lowest BCUT2D eigenvalue weighted by Gasteiger charge is -2.18. The molecular weight excluding hydrogens is 240 g/mol. The van der Waals surface area contributed by atoms with E-state index in [1.165, 1.54) is 12.8 Å². The van der Waals surface area contributed by atoms with Gasteiger partial charge in [-0.1, -0.05) is 19.8 Å². The summed E-state index contributed by atoms with van der Waals surface area (Å²) in [4.78, 5) is 22.3. The number of nitrogens with zero attached hydrogens (tertiary/aromatic N) is 3. The van der Waals surface area contributed by atoms with Gasteiger partial charge in [0.2, 0.25) is 5.95 Å². The van der Waals surface area contributed by atoms with Gasteiger partial charge >= 0.3 is 0 Å². The Bertz CT molecular complexity index is 391. The molecule has 1 amide bonds. The second-order valence-electron chi connectivity index (χ2n) is 4.38. The predicted octanol–water partition coefficient (Wildman–Crippen LogP) is 2.56. The largest absolute Gasteiger partial charge is 0.354 e. The predicted molar refractivity (Wildman–Crippen MR) is 77.3 cm³/mol. The molecule has 0 fully saturated rings. The van der Waals surface area contributed by atoms with Crippen molar-refractivity contribution in [2.75, 3.05) is 25.0 Å². The van der Waals surface area contributed by atoms with Gasteiger partial charge in [-0.05, 0) is 26.3 Å². The van der Waals surface area contributed by atoms with E-state index in [1.54, 1.807) is 17.2 Å². The zero-order valence-corrected chi connectivity index (χ0v) is 12.1. The molecule has 0 aromatic carbocycles. The van der Waals surface area contributed by atoms with Crippen LogP contribution in [0, 0.1) is 0 Å². The number of carbonyl (C=O) groups excluding carboxylic acids is 1. The first-order valence-electron chi connectivity index (χ1n) is 7.09. The topological polar surface area (TPSA) is 58.1 Å². The van der Waals surface area contributed by atoms with E-state index in [2.05, 4.69) is 22.2 Å². The first-order chi connectivity index (χ1) is 9.22. The van der Waals surface area contributed by atoms with Crippen LogP contribution in [0.4, 0.5) is 5.95 Å². The number of nitrogens with one attached hydrogen (secondary N) is 1. The third kappa shape index (κ3) is 4.85. The van der Waals surface area contributed by atoms with Crippen LogP contribution in [0.15, 0.2) is 12.3 Å². The minimum absolute atomic E-state index is 0.0380. The highest BCUT2D eigenvalue weighted by Crippen LogP contribution is 2.05. The number of hydrogen-bond donors (Lipinski definition) is 1. The second kappa shape index (κ2) is 8.45. The van der Waals surface area contributed by atoms with E-state index < -0.39 is 0 Å². The molecule has 5 heteroatoms. The SMILES string of the molecule is CCCCCNc1nccc(C(=O)N(CC)CC)n1. The lowest BCUT2D eigenvalue weighted by molar-refractivity contribution is 0.0767. The van der Waals surface area contributed by atoms with Gasteiger partial charge in [0.1, 0.15) is 5.69 Å².